The van der Waals surface area contributed by atoms with Crippen LogP contribution in [0.1, 0.15) is 0 Å². The van der Waals surface area contributed by atoms with Crippen LogP contribution >= 0.6 is 0 Å². The smallest absolute Gasteiger partial charge is 0.235 e. The lowest BCUT2D eigenvalue weighted by Crippen LogP contribution is -2.03. The third kappa shape index (κ3) is 3.96. The molecule has 0 radical (unpaired) electrons. The lowest BCUT2D eigenvalue weighted by Gasteiger charge is -2.13. The third-order valence-electron chi connectivity index (χ3n) is 9.52. The fourth-order valence-corrected chi connectivity index (χ4v) is 7.43. The van der Waals surface area contributed by atoms with E-state index in [1.807, 2.05) is 0 Å². The number of para-hydroxylation sites is 4. The van der Waals surface area contributed by atoms with Gasteiger partial charge in [0, 0.05) is 38.2 Å². The van der Waals surface area contributed by atoms with Crippen molar-refractivity contribution in [1.29, 1.82) is 0 Å². The second-order valence-corrected chi connectivity index (χ2v) is 12.2. The number of nitrogens with zero attached hydrogens (tertiary/aromatic N) is 4. The van der Waals surface area contributed by atoms with Gasteiger partial charge in [0.1, 0.15) is 0 Å². The minimum atomic E-state index is 0.654. The summed E-state index contributed by atoms with van der Waals surface area (Å²) in [7, 11) is 0. The molecule has 0 unspecified atom stereocenters. The molecule has 0 spiro atoms. The van der Waals surface area contributed by atoms with Crippen LogP contribution in [0.4, 0.5) is 0 Å². The molecule has 0 N–H and O–H groups in total. The highest BCUT2D eigenvalue weighted by Crippen LogP contribution is 2.42. The van der Waals surface area contributed by atoms with Gasteiger partial charge in [-0.3, -0.25) is 4.57 Å². The van der Waals surface area contributed by atoms with E-state index in [-0.39, 0.29) is 0 Å². The summed E-state index contributed by atoms with van der Waals surface area (Å²) in [5.41, 5.74) is 10.9. The molecule has 0 bridgehead atoms. The molecule has 10 rings (SSSR count). The maximum Gasteiger partial charge on any atom is 0.235 e. The van der Waals surface area contributed by atoms with Crippen LogP contribution in [0.15, 0.2) is 170 Å². The largest absolute Gasteiger partial charge is 0.309 e. The number of benzene rings is 7. The predicted octanol–water partition coefficient (Wildman–Crippen LogP) is 11.2. The first-order valence-electron chi connectivity index (χ1n) is 16.3. The number of aromatic nitrogens is 4. The fraction of sp³-hybridized carbons (Fsp3) is 0. The first kappa shape index (κ1) is 26.7. The summed E-state index contributed by atoms with van der Waals surface area (Å²) in [6.07, 6.45) is 0. The zero-order valence-corrected chi connectivity index (χ0v) is 26.0. The van der Waals surface area contributed by atoms with E-state index in [2.05, 4.69) is 179 Å². The third-order valence-corrected chi connectivity index (χ3v) is 9.52. The Balaban J connectivity index is 1.30. The van der Waals surface area contributed by atoms with Crippen molar-refractivity contribution >= 4 is 54.5 Å². The van der Waals surface area contributed by atoms with E-state index in [0.717, 1.165) is 44.4 Å². The molecule has 4 nitrogen and oxygen atoms in total. The van der Waals surface area contributed by atoms with E-state index in [9.17, 15) is 0 Å². The molecule has 0 saturated heterocycles. The van der Waals surface area contributed by atoms with E-state index in [4.69, 9.17) is 9.97 Å². The molecular weight excluding hydrogens is 585 g/mol. The summed E-state index contributed by atoms with van der Waals surface area (Å²) in [6, 6.07) is 60.0. The molecule has 0 aliphatic heterocycles. The van der Waals surface area contributed by atoms with E-state index in [1.165, 1.54) is 38.1 Å². The molecule has 0 amide bonds. The van der Waals surface area contributed by atoms with Gasteiger partial charge in [0.2, 0.25) is 5.95 Å². The molecule has 4 heteroatoms. The van der Waals surface area contributed by atoms with E-state index in [0.29, 0.717) is 5.95 Å². The number of fused-ring (bicyclic) bond motifs is 8. The molecule has 224 valence electrons. The van der Waals surface area contributed by atoms with Gasteiger partial charge in [0.25, 0.3) is 0 Å². The maximum atomic E-state index is 5.40. The van der Waals surface area contributed by atoms with Crippen LogP contribution in [0.25, 0.3) is 88.5 Å². The van der Waals surface area contributed by atoms with Crippen molar-refractivity contribution in [2.45, 2.75) is 0 Å². The zero-order valence-electron chi connectivity index (χ0n) is 26.0. The van der Waals surface area contributed by atoms with Crippen LogP contribution in [-0.2, 0) is 0 Å². The van der Waals surface area contributed by atoms with E-state index >= 15 is 0 Å². The summed E-state index contributed by atoms with van der Waals surface area (Å²) < 4.78 is 4.65. The Labute approximate surface area is 276 Å². The van der Waals surface area contributed by atoms with Gasteiger partial charge in [0.15, 0.2) is 0 Å². The van der Waals surface area contributed by atoms with E-state index in [1.54, 1.807) is 0 Å². The average Bonchev–Trinajstić information content (AvgIpc) is 3.68. The summed E-state index contributed by atoms with van der Waals surface area (Å²) in [6.45, 7) is 0. The molecule has 0 aliphatic carbocycles. The van der Waals surface area contributed by atoms with Crippen LogP contribution in [0.5, 0.6) is 0 Å². The van der Waals surface area contributed by atoms with Crippen molar-refractivity contribution in [3.05, 3.63) is 170 Å². The van der Waals surface area contributed by atoms with Crippen molar-refractivity contribution in [3.8, 4) is 34.0 Å². The topological polar surface area (TPSA) is 35.6 Å². The van der Waals surface area contributed by atoms with Gasteiger partial charge in [-0.05, 0) is 53.6 Å². The molecule has 0 aliphatic rings. The van der Waals surface area contributed by atoms with Crippen molar-refractivity contribution in [3.63, 3.8) is 0 Å². The van der Waals surface area contributed by atoms with Crippen LogP contribution in [0.3, 0.4) is 0 Å². The fourth-order valence-electron chi connectivity index (χ4n) is 7.43. The van der Waals surface area contributed by atoms with Crippen molar-refractivity contribution in [1.82, 2.24) is 19.1 Å². The van der Waals surface area contributed by atoms with Gasteiger partial charge in [-0.25, -0.2) is 9.97 Å². The van der Waals surface area contributed by atoms with Crippen molar-refractivity contribution in [2.75, 3.05) is 0 Å². The number of hydrogen-bond donors (Lipinski definition) is 0. The Morgan fingerprint density at radius 2 is 1.00 bits per heavy atom. The number of rotatable bonds is 4. The monoisotopic (exact) mass is 612 g/mol. The Bertz CT molecular complexity index is 2830. The van der Waals surface area contributed by atoms with Crippen molar-refractivity contribution < 1.29 is 0 Å². The second-order valence-electron chi connectivity index (χ2n) is 12.2. The minimum Gasteiger partial charge on any atom is -0.309 e. The highest BCUT2D eigenvalue weighted by Gasteiger charge is 2.22. The Morgan fingerprint density at radius 1 is 0.375 bits per heavy atom. The van der Waals surface area contributed by atoms with E-state index < -0.39 is 0 Å². The van der Waals surface area contributed by atoms with Crippen LogP contribution in [0.2, 0.25) is 0 Å². The lowest BCUT2D eigenvalue weighted by atomic mass is 10.00. The quantitative estimate of drug-likeness (QED) is 0.198. The van der Waals surface area contributed by atoms with Gasteiger partial charge >= 0.3 is 0 Å². The standard InChI is InChI=1S/C44H28N4/c1-3-14-29(15-4-1)30-16-13-17-31(28-30)42-35-21-7-10-23-37(35)45-44(46-42)48-39-25-12-9-22-36(39)41-40(48)27-26-34-33-20-8-11-24-38(33)47(43(34)41)32-18-5-2-6-19-32/h1-28H. The molecule has 3 aromatic heterocycles. The SMILES string of the molecule is c1ccc(-c2cccc(-c3nc(-n4c5ccccc5c5c4ccc4c6ccccc6n(-c6ccccc6)c45)nc4ccccc34)c2)cc1. The Morgan fingerprint density at radius 3 is 1.81 bits per heavy atom. The Kier molecular flexibility index (Phi) is 5.84. The summed E-state index contributed by atoms with van der Waals surface area (Å²) in [4.78, 5) is 10.6. The van der Waals surface area contributed by atoms with Gasteiger partial charge in [-0.1, -0.05) is 127 Å². The van der Waals surface area contributed by atoms with Crippen molar-refractivity contribution in [2.24, 2.45) is 0 Å². The summed E-state index contributed by atoms with van der Waals surface area (Å²) in [5, 5.41) is 5.84. The molecule has 7 aromatic carbocycles. The molecule has 0 fully saturated rings. The molecule has 3 heterocycles. The van der Waals surface area contributed by atoms with Crippen LogP contribution in [0, 0.1) is 0 Å². The number of hydrogen-bond acceptors (Lipinski definition) is 2. The zero-order chi connectivity index (χ0) is 31.6. The first-order chi connectivity index (χ1) is 23.8. The normalized spacial score (nSPS) is 11.8. The molecule has 0 atom stereocenters. The minimum absolute atomic E-state index is 0.654. The maximum absolute atomic E-state index is 5.40. The highest BCUT2D eigenvalue weighted by atomic mass is 15.2. The van der Waals surface area contributed by atoms with Crippen LogP contribution in [-0.4, -0.2) is 19.1 Å². The molecule has 48 heavy (non-hydrogen) atoms. The average molecular weight is 613 g/mol. The van der Waals surface area contributed by atoms with Crippen LogP contribution < -0.4 is 0 Å². The van der Waals surface area contributed by atoms with Gasteiger partial charge in [-0.2, -0.15) is 0 Å². The van der Waals surface area contributed by atoms with Gasteiger partial charge < -0.3 is 4.57 Å². The summed E-state index contributed by atoms with van der Waals surface area (Å²) in [5.74, 6) is 0.654. The highest BCUT2D eigenvalue weighted by molar-refractivity contribution is 6.26. The molecule has 0 saturated carbocycles. The van der Waals surface area contributed by atoms with Gasteiger partial charge in [0.05, 0.1) is 33.3 Å². The molecule has 10 aromatic rings. The molecular formula is C44H28N4. The summed E-state index contributed by atoms with van der Waals surface area (Å²) >= 11 is 0. The van der Waals surface area contributed by atoms with Gasteiger partial charge in [-0.15, -0.1) is 0 Å². The second kappa shape index (κ2) is 10.5. The predicted molar refractivity (Wildman–Crippen MR) is 199 cm³/mol. The first-order valence-corrected chi connectivity index (χ1v) is 16.3. The lowest BCUT2D eigenvalue weighted by molar-refractivity contribution is 1.01. The Hall–Kier alpha value is -6.52.